The lowest BCUT2D eigenvalue weighted by Crippen LogP contribution is -2.17. The second-order valence-electron chi connectivity index (χ2n) is 15.3. The van der Waals surface area contributed by atoms with Gasteiger partial charge in [0.15, 0.2) is 0 Å². The smallest absolute Gasteiger partial charge is 0.303 e. The molecular formula is C50H50Br2N8O6. The molecule has 0 radical (unpaired) electrons. The Morgan fingerprint density at radius 3 is 1.48 bits per heavy atom. The van der Waals surface area contributed by atoms with Crippen molar-refractivity contribution in [2.24, 2.45) is 0 Å². The maximum absolute atomic E-state index is 11.0. The minimum Gasteiger partial charge on any atom is -0.481 e. The van der Waals surface area contributed by atoms with E-state index in [2.05, 4.69) is 91.4 Å². The van der Waals surface area contributed by atoms with Gasteiger partial charge in [-0.1, -0.05) is 61.9 Å². The van der Waals surface area contributed by atoms with E-state index in [1.807, 2.05) is 48.5 Å². The van der Waals surface area contributed by atoms with Crippen molar-refractivity contribution in [1.29, 1.82) is 10.5 Å². The summed E-state index contributed by atoms with van der Waals surface area (Å²) in [5, 5.41) is 34.4. The summed E-state index contributed by atoms with van der Waals surface area (Å²) >= 11 is 7.33. The summed E-state index contributed by atoms with van der Waals surface area (Å²) in [6, 6.07) is 30.6. The molecule has 0 aliphatic carbocycles. The predicted molar refractivity (Wildman–Crippen MR) is 256 cm³/mol. The van der Waals surface area contributed by atoms with Crippen LogP contribution in [0.3, 0.4) is 0 Å². The Morgan fingerprint density at radius 2 is 1.05 bits per heavy atom. The van der Waals surface area contributed by atoms with Crippen LogP contribution < -0.4 is 29.6 Å². The maximum atomic E-state index is 11.0. The second kappa shape index (κ2) is 24.7. The summed E-state index contributed by atoms with van der Waals surface area (Å²) in [5.41, 5.74) is 9.54. The minimum absolute atomic E-state index is 0.0635. The van der Waals surface area contributed by atoms with Gasteiger partial charge in [0, 0.05) is 30.6 Å². The number of halogens is 2. The second-order valence-corrected chi connectivity index (χ2v) is 17.0. The first-order valence-corrected chi connectivity index (χ1v) is 23.1. The number of carbonyl (C=O) groups is 1. The standard InChI is InChI=1S/C50H50Br2N8O6/c1-4-5-20-55-26-36-22-44(51)49(59-47(36)65-30-40-15-8-13-38(24-53)57-40)63-28-34-11-6-17-42(32(34)2)43-18-7-12-35(33(43)3)29-64-50-45(52)23-37(27-56-21-10-19-46(61)62)48(60-50)66-31-41-16-9-14-39(25-54)58-41/h6-9,11-18,22-23,55-56H,4-5,10,19-21,26-31H2,1-3H3,(H,61,62). The molecule has 0 amide bonds. The van der Waals surface area contributed by atoms with E-state index in [1.165, 1.54) is 0 Å². The Bertz CT molecular complexity index is 2720. The maximum Gasteiger partial charge on any atom is 0.303 e. The van der Waals surface area contributed by atoms with E-state index in [-0.39, 0.29) is 38.5 Å². The van der Waals surface area contributed by atoms with E-state index in [4.69, 9.17) is 34.0 Å². The van der Waals surface area contributed by atoms with Crippen molar-refractivity contribution in [2.75, 3.05) is 13.1 Å². The van der Waals surface area contributed by atoms with Crippen LogP contribution in [0.1, 0.15) is 88.8 Å². The van der Waals surface area contributed by atoms with Crippen LogP contribution in [0.2, 0.25) is 0 Å². The van der Waals surface area contributed by atoms with Gasteiger partial charge < -0.3 is 34.7 Å². The molecule has 3 N–H and O–H groups in total. The summed E-state index contributed by atoms with van der Waals surface area (Å²) in [6.07, 6.45) is 2.67. The molecule has 6 rings (SSSR count). The number of rotatable bonds is 24. The molecule has 0 spiro atoms. The topological polar surface area (TPSA) is 197 Å². The highest BCUT2D eigenvalue weighted by Crippen LogP contribution is 2.35. The summed E-state index contributed by atoms with van der Waals surface area (Å²) in [6.45, 7) is 9.29. The quantitative estimate of drug-likeness (QED) is 0.0484. The Labute approximate surface area is 401 Å². The lowest BCUT2D eigenvalue weighted by atomic mass is 9.92. The van der Waals surface area contributed by atoms with E-state index in [9.17, 15) is 15.3 Å². The van der Waals surface area contributed by atoms with E-state index >= 15 is 0 Å². The van der Waals surface area contributed by atoms with Gasteiger partial charge in [0.25, 0.3) is 0 Å². The number of nitrogens with one attached hydrogen (secondary N) is 2. The number of aromatic nitrogens is 4. The number of benzene rings is 2. The van der Waals surface area contributed by atoms with E-state index in [1.54, 1.807) is 30.3 Å². The van der Waals surface area contributed by atoms with Gasteiger partial charge in [-0.3, -0.25) is 4.79 Å². The molecule has 4 aromatic heterocycles. The number of hydrogen-bond acceptors (Lipinski definition) is 13. The zero-order valence-corrected chi connectivity index (χ0v) is 40.2. The number of ether oxygens (including phenoxy) is 4. The third-order valence-electron chi connectivity index (χ3n) is 10.5. The average Bonchev–Trinajstić information content (AvgIpc) is 3.32. The van der Waals surface area contributed by atoms with Gasteiger partial charge >= 0.3 is 5.97 Å². The highest BCUT2D eigenvalue weighted by molar-refractivity contribution is 9.10. The zero-order chi connectivity index (χ0) is 46.8. The van der Waals surface area contributed by atoms with Gasteiger partial charge in [-0.25, -0.2) is 9.97 Å². The average molecular weight is 1020 g/mol. The first-order valence-electron chi connectivity index (χ1n) is 21.5. The number of carboxylic acids is 1. The fourth-order valence-electron chi connectivity index (χ4n) is 6.89. The predicted octanol–water partition coefficient (Wildman–Crippen LogP) is 9.98. The molecule has 0 aliphatic rings. The molecule has 66 heavy (non-hydrogen) atoms. The molecule has 0 unspecified atom stereocenters. The zero-order valence-electron chi connectivity index (χ0n) is 37.0. The molecule has 4 heterocycles. The van der Waals surface area contributed by atoms with Crippen LogP contribution in [-0.2, 0) is 44.3 Å². The SMILES string of the molecule is CCCCNCc1cc(Br)c(OCc2cccc(-c3cccc(COc4nc(OCc5cccc(C#N)n5)c(CNCCCC(=O)O)cc4Br)c3C)c2C)nc1OCc1cccc(C#N)n1. The monoisotopic (exact) mass is 1020 g/mol. The first kappa shape index (κ1) is 49.0. The van der Waals surface area contributed by atoms with Crippen LogP contribution >= 0.6 is 31.9 Å². The van der Waals surface area contributed by atoms with Gasteiger partial charge in [0.2, 0.25) is 23.5 Å². The molecular weight excluding hydrogens is 968 g/mol. The molecule has 0 fully saturated rings. The number of pyridine rings is 4. The molecule has 0 saturated carbocycles. The van der Waals surface area contributed by atoms with Crippen LogP contribution in [-0.4, -0.2) is 44.1 Å². The molecule has 0 bridgehead atoms. The van der Waals surface area contributed by atoms with Crippen molar-refractivity contribution in [1.82, 2.24) is 30.6 Å². The van der Waals surface area contributed by atoms with E-state index in [0.29, 0.717) is 75.6 Å². The molecule has 0 aliphatic heterocycles. The van der Waals surface area contributed by atoms with Crippen molar-refractivity contribution in [2.45, 2.75) is 86.0 Å². The van der Waals surface area contributed by atoms with Gasteiger partial charge in [-0.05, 0) is 141 Å². The third-order valence-corrected chi connectivity index (χ3v) is 11.7. The third kappa shape index (κ3) is 13.8. The van der Waals surface area contributed by atoms with Crippen LogP contribution in [0, 0.1) is 36.5 Å². The van der Waals surface area contributed by atoms with E-state index < -0.39 is 5.97 Å². The Hall–Kier alpha value is -6.43. The largest absolute Gasteiger partial charge is 0.481 e. The normalized spacial score (nSPS) is 10.8. The van der Waals surface area contributed by atoms with Crippen molar-refractivity contribution < 1.29 is 28.8 Å². The lowest BCUT2D eigenvalue weighted by Gasteiger charge is -2.18. The molecule has 6 aromatic rings. The molecule has 340 valence electrons. The van der Waals surface area contributed by atoms with Gasteiger partial charge in [-0.15, -0.1) is 0 Å². The van der Waals surface area contributed by atoms with Gasteiger partial charge in [0.05, 0.1) is 20.3 Å². The van der Waals surface area contributed by atoms with Crippen LogP contribution in [0.15, 0.2) is 93.9 Å². The molecule has 0 atom stereocenters. The number of hydrogen-bond donors (Lipinski definition) is 3. The van der Waals surface area contributed by atoms with Crippen molar-refractivity contribution in [3.8, 4) is 46.8 Å². The fourth-order valence-corrected chi connectivity index (χ4v) is 7.85. The molecule has 2 aromatic carbocycles. The van der Waals surface area contributed by atoms with Crippen molar-refractivity contribution >= 4 is 37.8 Å². The lowest BCUT2D eigenvalue weighted by molar-refractivity contribution is -0.137. The summed E-state index contributed by atoms with van der Waals surface area (Å²) in [7, 11) is 0. The Kier molecular flexibility index (Phi) is 18.4. The van der Waals surface area contributed by atoms with Gasteiger partial charge in [0.1, 0.15) is 50.0 Å². The first-order chi connectivity index (χ1) is 32.1. The number of aliphatic carboxylic acids is 1. The summed E-state index contributed by atoms with van der Waals surface area (Å²) in [4.78, 5) is 29.2. The van der Waals surface area contributed by atoms with Crippen molar-refractivity contribution in [3.05, 3.63) is 150 Å². The minimum atomic E-state index is -0.847. The molecule has 16 heteroatoms. The van der Waals surface area contributed by atoms with Crippen molar-refractivity contribution in [3.63, 3.8) is 0 Å². The van der Waals surface area contributed by atoms with Gasteiger partial charge in [-0.2, -0.15) is 20.5 Å². The number of carboxylic acid groups (broad SMARTS) is 1. The molecule has 0 saturated heterocycles. The Morgan fingerprint density at radius 1 is 0.606 bits per heavy atom. The van der Waals surface area contributed by atoms with E-state index in [0.717, 1.165) is 63.9 Å². The summed E-state index contributed by atoms with van der Waals surface area (Å²) in [5.74, 6) is 0.617. The summed E-state index contributed by atoms with van der Waals surface area (Å²) < 4.78 is 26.4. The highest BCUT2D eigenvalue weighted by atomic mass is 79.9. The van der Waals surface area contributed by atoms with Crippen LogP contribution in [0.5, 0.6) is 23.5 Å². The number of unbranched alkanes of at least 4 members (excludes halogenated alkanes) is 1. The highest BCUT2D eigenvalue weighted by Gasteiger charge is 2.18. The number of nitrogens with zero attached hydrogens (tertiary/aromatic N) is 6. The fraction of sp³-hybridized carbons (Fsp3) is 0.300. The van der Waals surface area contributed by atoms with Crippen LogP contribution in [0.4, 0.5) is 0 Å². The number of nitriles is 2. The van der Waals surface area contributed by atoms with Crippen LogP contribution in [0.25, 0.3) is 11.1 Å². The molecule has 14 nitrogen and oxygen atoms in total. The Balaban J connectivity index is 1.17.